The van der Waals surface area contributed by atoms with E-state index in [1.807, 2.05) is 30.0 Å². The fraction of sp³-hybridized carbons (Fsp3) is 0.300. The Hall–Kier alpha value is -2.14. The van der Waals surface area contributed by atoms with Gasteiger partial charge >= 0.3 is 0 Å². The van der Waals surface area contributed by atoms with Crippen molar-refractivity contribution in [3.63, 3.8) is 0 Å². The Bertz CT molecular complexity index is 916. The maximum absolute atomic E-state index is 12.2. The third kappa shape index (κ3) is 3.09. The molecule has 0 radical (unpaired) electrons. The Labute approximate surface area is 155 Å². The van der Waals surface area contributed by atoms with E-state index in [4.69, 9.17) is 4.98 Å². The number of fused-ring (bicyclic) bond motifs is 1. The monoisotopic (exact) mass is 397 g/mol. The zero-order valence-corrected chi connectivity index (χ0v) is 15.7. The molecule has 1 saturated heterocycles. The van der Waals surface area contributed by atoms with Gasteiger partial charge in [-0.25, -0.2) is 4.98 Å². The molecule has 2 heterocycles. The summed E-state index contributed by atoms with van der Waals surface area (Å²) in [5, 5.41) is 0. The van der Waals surface area contributed by atoms with Crippen molar-refractivity contribution in [1.29, 1.82) is 0 Å². The Morgan fingerprint density at radius 3 is 2.64 bits per heavy atom. The fourth-order valence-electron chi connectivity index (χ4n) is 3.60. The molecule has 0 bridgehead atoms. The SMILES string of the molecule is CCN1CC(c2nc3ccccc3n2Cc2ccc(Br)cc2)CC1=O. The molecule has 1 fully saturated rings. The van der Waals surface area contributed by atoms with Crippen LogP contribution in [0.1, 0.15) is 30.7 Å². The van der Waals surface area contributed by atoms with Crippen molar-refractivity contribution >= 4 is 32.9 Å². The second-order valence-corrected chi connectivity index (χ2v) is 7.42. The quantitative estimate of drug-likeness (QED) is 0.661. The van der Waals surface area contributed by atoms with Crippen molar-refractivity contribution in [2.45, 2.75) is 25.8 Å². The highest BCUT2D eigenvalue weighted by molar-refractivity contribution is 9.10. The largest absolute Gasteiger partial charge is 0.342 e. The van der Waals surface area contributed by atoms with Gasteiger partial charge in [-0.15, -0.1) is 0 Å². The van der Waals surface area contributed by atoms with Crippen LogP contribution in [0, 0.1) is 0 Å². The minimum Gasteiger partial charge on any atom is -0.342 e. The van der Waals surface area contributed by atoms with Gasteiger partial charge in [0.05, 0.1) is 11.0 Å². The zero-order chi connectivity index (χ0) is 17.4. The van der Waals surface area contributed by atoms with E-state index in [2.05, 4.69) is 50.8 Å². The molecule has 128 valence electrons. The summed E-state index contributed by atoms with van der Waals surface area (Å²) in [4.78, 5) is 19.0. The zero-order valence-electron chi connectivity index (χ0n) is 14.2. The first-order valence-corrected chi connectivity index (χ1v) is 9.42. The number of nitrogens with zero attached hydrogens (tertiary/aromatic N) is 3. The summed E-state index contributed by atoms with van der Waals surface area (Å²) in [5.74, 6) is 1.42. The van der Waals surface area contributed by atoms with Gasteiger partial charge in [-0.05, 0) is 36.8 Å². The van der Waals surface area contributed by atoms with Gasteiger partial charge in [-0.3, -0.25) is 4.79 Å². The van der Waals surface area contributed by atoms with E-state index in [1.54, 1.807) is 0 Å². The van der Waals surface area contributed by atoms with Gasteiger partial charge in [0.1, 0.15) is 5.82 Å². The lowest BCUT2D eigenvalue weighted by atomic mass is 10.1. The minimum absolute atomic E-state index is 0.162. The van der Waals surface area contributed by atoms with Crippen molar-refractivity contribution in [3.8, 4) is 0 Å². The lowest BCUT2D eigenvalue weighted by Crippen LogP contribution is -2.24. The molecule has 5 heteroatoms. The van der Waals surface area contributed by atoms with Crippen LogP contribution in [0.2, 0.25) is 0 Å². The number of aromatic nitrogens is 2. The van der Waals surface area contributed by atoms with Crippen LogP contribution in [0.4, 0.5) is 0 Å². The van der Waals surface area contributed by atoms with Gasteiger partial charge in [-0.2, -0.15) is 0 Å². The minimum atomic E-state index is 0.162. The molecular weight excluding hydrogens is 378 g/mol. The summed E-state index contributed by atoms with van der Waals surface area (Å²) in [6, 6.07) is 16.6. The fourth-order valence-corrected chi connectivity index (χ4v) is 3.86. The molecule has 1 amide bonds. The van der Waals surface area contributed by atoms with Gasteiger partial charge in [0.15, 0.2) is 0 Å². The van der Waals surface area contributed by atoms with E-state index < -0.39 is 0 Å². The van der Waals surface area contributed by atoms with E-state index >= 15 is 0 Å². The van der Waals surface area contributed by atoms with Gasteiger partial charge in [0.2, 0.25) is 5.91 Å². The van der Waals surface area contributed by atoms with Crippen molar-refractivity contribution in [3.05, 3.63) is 64.4 Å². The first kappa shape index (κ1) is 16.3. The Morgan fingerprint density at radius 1 is 1.16 bits per heavy atom. The third-order valence-electron chi connectivity index (χ3n) is 4.90. The number of carbonyl (C=O) groups excluding carboxylic acids is 1. The molecule has 2 aromatic carbocycles. The Morgan fingerprint density at radius 2 is 1.92 bits per heavy atom. The molecular formula is C20H20BrN3O. The summed E-state index contributed by atoms with van der Waals surface area (Å²) >= 11 is 3.49. The normalized spacial score (nSPS) is 17.6. The predicted octanol–water partition coefficient (Wildman–Crippen LogP) is 4.18. The Balaban J connectivity index is 1.76. The molecule has 1 aromatic heterocycles. The number of amides is 1. The molecule has 3 aromatic rings. The molecule has 25 heavy (non-hydrogen) atoms. The standard InChI is InChI=1S/C20H20BrN3O/c1-2-23-13-15(11-19(23)25)20-22-17-5-3-4-6-18(17)24(20)12-14-7-9-16(21)10-8-14/h3-10,15H,2,11-13H2,1H3. The first-order chi connectivity index (χ1) is 12.2. The number of hydrogen-bond donors (Lipinski definition) is 0. The summed E-state index contributed by atoms with van der Waals surface area (Å²) in [7, 11) is 0. The summed E-state index contributed by atoms with van der Waals surface area (Å²) < 4.78 is 3.35. The average Bonchev–Trinajstić information content (AvgIpc) is 3.17. The second kappa shape index (κ2) is 6.64. The predicted molar refractivity (Wildman–Crippen MR) is 103 cm³/mol. The van der Waals surface area contributed by atoms with Crippen LogP contribution in [0.3, 0.4) is 0 Å². The van der Waals surface area contributed by atoms with Gasteiger partial charge in [-0.1, -0.05) is 40.2 Å². The summed E-state index contributed by atoms with van der Waals surface area (Å²) in [5.41, 5.74) is 3.35. The van der Waals surface area contributed by atoms with E-state index in [-0.39, 0.29) is 11.8 Å². The Kier molecular flexibility index (Phi) is 4.34. The smallest absolute Gasteiger partial charge is 0.223 e. The molecule has 0 saturated carbocycles. The molecule has 0 spiro atoms. The van der Waals surface area contributed by atoms with Crippen molar-refractivity contribution in [2.75, 3.05) is 13.1 Å². The molecule has 1 aliphatic rings. The number of carbonyl (C=O) groups is 1. The number of likely N-dealkylation sites (tertiary alicyclic amines) is 1. The van der Waals surface area contributed by atoms with E-state index in [9.17, 15) is 4.79 Å². The molecule has 0 N–H and O–H groups in total. The van der Waals surface area contributed by atoms with Gasteiger partial charge < -0.3 is 9.47 Å². The van der Waals surface area contributed by atoms with E-state index in [0.29, 0.717) is 6.42 Å². The molecule has 1 aliphatic heterocycles. The first-order valence-electron chi connectivity index (χ1n) is 8.63. The highest BCUT2D eigenvalue weighted by Crippen LogP contribution is 2.30. The number of likely N-dealkylation sites (N-methyl/N-ethyl adjacent to an activating group) is 1. The molecule has 4 nitrogen and oxygen atoms in total. The van der Waals surface area contributed by atoms with Crippen LogP contribution in [0.15, 0.2) is 53.0 Å². The maximum Gasteiger partial charge on any atom is 0.223 e. The van der Waals surface area contributed by atoms with E-state index in [1.165, 1.54) is 5.56 Å². The van der Waals surface area contributed by atoms with Crippen LogP contribution in [-0.2, 0) is 11.3 Å². The lowest BCUT2D eigenvalue weighted by molar-refractivity contribution is -0.127. The molecule has 1 atom stereocenters. The number of rotatable bonds is 4. The number of imidazole rings is 1. The van der Waals surface area contributed by atoms with Crippen LogP contribution in [-0.4, -0.2) is 33.4 Å². The van der Waals surface area contributed by atoms with Crippen LogP contribution in [0.5, 0.6) is 0 Å². The number of para-hydroxylation sites is 2. The van der Waals surface area contributed by atoms with Crippen molar-refractivity contribution in [2.24, 2.45) is 0 Å². The molecule has 1 unspecified atom stereocenters. The van der Waals surface area contributed by atoms with Crippen molar-refractivity contribution in [1.82, 2.24) is 14.5 Å². The number of hydrogen-bond acceptors (Lipinski definition) is 2. The molecule has 4 rings (SSSR count). The topological polar surface area (TPSA) is 38.1 Å². The second-order valence-electron chi connectivity index (χ2n) is 6.50. The van der Waals surface area contributed by atoms with Crippen LogP contribution in [0.25, 0.3) is 11.0 Å². The van der Waals surface area contributed by atoms with E-state index in [0.717, 1.165) is 41.0 Å². The average molecular weight is 398 g/mol. The summed E-state index contributed by atoms with van der Waals surface area (Å²) in [6.45, 7) is 4.33. The highest BCUT2D eigenvalue weighted by atomic mass is 79.9. The number of halogens is 1. The lowest BCUT2D eigenvalue weighted by Gasteiger charge is -2.15. The van der Waals surface area contributed by atoms with Crippen molar-refractivity contribution < 1.29 is 4.79 Å². The third-order valence-corrected chi connectivity index (χ3v) is 5.43. The maximum atomic E-state index is 12.2. The summed E-state index contributed by atoms with van der Waals surface area (Å²) in [6.07, 6.45) is 0.553. The van der Waals surface area contributed by atoms with Gasteiger partial charge in [0, 0.05) is 36.4 Å². The molecule has 0 aliphatic carbocycles. The highest BCUT2D eigenvalue weighted by Gasteiger charge is 2.33. The van der Waals surface area contributed by atoms with Crippen LogP contribution < -0.4 is 0 Å². The van der Waals surface area contributed by atoms with Gasteiger partial charge in [0.25, 0.3) is 0 Å². The number of benzene rings is 2. The van der Waals surface area contributed by atoms with Crippen LogP contribution >= 0.6 is 15.9 Å².